The molecule has 0 unspecified atom stereocenters. The predicted octanol–water partition coefficient (Wildman–Crippen LogP) is 2.94. The lowest BCUT2D eigenvalue weighted by atomic mass is 9.88. The number of amides is 2. The first-order valence-electron chi connectivity index (χ1n) is 8.61. The maximum Gasteiger partial charge on any atom is 0.255 e. The lowest BCUT2D eigenvalue weighted by Crippen LogP contribution is -2.61. The van der Waals surface area contributed by atoms with E-state index in [2.05, 4.69) is 16.9 Å². The third-order valence-electron chi connectivity index (χ3n) is 4.65. The molecule has 2 rings (SSSR count). The van der Waals surface area contributed by atoms with Crippen LogP contribution in [0.25, 0.3) is 0 Å². The van der Waals surface area contributed by atoms with Gasteiger partial charge in [0.05, 0.1) is 0 Å². The standard InChI is InChI=1S/C19H27N3O2/c1-4-12-21-18(24)19(2,3)22(16-8-6-5-7-9-16)17(23)15-10-13-20-14-11-15/h4,10-11,13-14,16H,1,5-9,12H2,2-3H3,(H,21,24). The quantitative estimate of drug-likeness (QED) is 0.816. The van der Waals surface area contributed by atoms with Crippen molar-refractivity contribution in [2.24, 2.45) is 0 Å². The summed E-state index contributed by atoms with van der Waals surface area (Å²) < 4.78 is 0. The molecule has 0 aliphatic heterocycles. The van der Waals surface area contributed by atoms with Gasteiger partial charge in [-0.2, -0.15) is 0 Å². The third kappa shape index (κ3) is 4.02. The zero-order chi connectivity index (χ0) is 17.6. The molecule has 0 atom stereocenters. The molecule has 1 aromatic heterocycles. The number of hydrogen-bond donors (Lipinski definition) is 1. The van der Waals surface area contributed by atoms with Gasteiger partial charge in [0.1, 0.15) is 5.54 Å². The Morgan fingerprint density at radius 1 is 1.29 bits per heavy atom. The maximum absolute atomic E-state index is 13.2. The van der Waals surface area contributed by atoms with E-state index in [0.29, 0.717) is 12.1 Å². The smallest absolute Gasteiger partial charge is 0.255 e. The van der Waals surface area contributed by atoms with Crippen LogP contribution in [-0.4, -0.2) is 39.8 Å². The van der Waals surface area contributed by atoms with Crippen LogP contribution in [-0.2, 0) is 4.79 Å². The summed E-state index contributed by atoms with van der Waals surface area (Å²) in [5, 5.41) is 2.84. The summed E-state index contributed by atoms with van der Waals surface area (Å²) >= 11 is 0. The number of nitrogens with zero attached hydrogens (tertiary/aromatic N) is 2. The summed E-state index contributed by atoms with van der Waals surface area (Å²) in [7, 11) is 0. The van der Waals surface area contributed by atoms with Crippen LogP contribution in [0.4, 0.5) is 0 Å². The molecule has 2 amide bonds. The molecule has 1 saturated carbocycles. The van der Waals surface area contributed by atoms with Gasteiger partial charge in [0.2, 0.25) is 5.91 Å². The lowest BCUT2D eigenvalue weighted by Gasteiger charge is -2.44. The largest absolute Gasteiger partial charge is 0.351 e. The monoisotopic (exact) mass is 329 g/mol. The number of pyridine rings is 1. The minimum Gasteiger partial charge on any atom is -0.351 e. The number of carbonyl (C=O) groups excluding carboxylic acids is 2. The van der Waals surface area contributed by atoms with Crippen LogP contribution >= 0.6 is 0 Å². The zero-order valence-electron chi connectivity index (χ0n) is 14.6. The molecule has 1 fully saturated rings. The van der Waals surface area contributed by atoms with Gasteiger partial charge >= 0.3 is 0 Å². The van der Waals surface area contributed by atoms with E-state index in [0.717, 1.165) is 25.7 Å². The van der Waals surface area contributed by atoms with Crippen LogP contribution < -0.4 is 5.32 Å². The van der Waals surface area contributed by atoms with Crippen molar-refractivity contribution in [1.29, 1.82) is 0 Å². The van der Waals surface area contributed by atoms with Crippen LogP contribution in [0, 0.1) is 0 Å². The molecule has 130 valence electrons. The molecule has 24 heavy (non-hydrogen) atoms. The topological polar surface area (TPSA) is 62.3 Å². The summed E-state index contributed by atoms with van der Waals surface area (Å²) in [5.74, 6) is -0.265. The minimum atomic E-state index is -0.925. The number of rotatable bonds is 6. The van der Waals surface area contributed by atoms with E-state index in [1.807, 2.05) is 13.8 Å². The van der Waals surface area contributed by atoms with Crippen molar-refractivity contribution < 1.29 is 9.59 Å². The first-order valence-corrected chi connectivity index (χ1v) is 8.61. The second-order valence-electron chi connectivity index (χ2n) is 6.76. The molecule has 0 aromatic carbocycles. The second kappa shape index (κ2) is 8.08. The first kappa shape index (κ1) is 18.2. The van der Waals surface area contributed by atoms with E-state index in [1.54, 1.807) is 35.5 Å². The Bertz CT molecular complexity index is 578. The predicted molar refractivity (Wildman–Crippen MR) is 94.6 cm³/mol. The van der Waals surface area contributed by atoms with E-state index in [-0.39, 0.29) is 17.9 Å². The number of aromatic nitrogens is 1. The molecule has 1 N–H and O–H groups in total. The van der Waals surface area contributed by atoms with Gasteiger partial charge in [-0.25, -0.2) is 0 Å². The molecule has 1 aliphatic rings. The van der Waals surface area contributed by atoms with E-state index in [9.17, 15) is 9.59 Å². The second-order valence-corrected chi connectivity index (χ2v) is 6.76. The fourth-order valence-electron chi connectivity index (χ4n) is 3.34. The normalized spacial score (nSPS) is 15.6. The fourth-order valence-corrected chi connectivity index (χ4v) is 3.34. The van der Waals surface area contributed by atoms with E-state index in [1.165, 1.54) is 6.42 Å². The number of carbonyl (C=O) groups is 2. The highest BCUT2D eigenvalue weighted by molar-refractivity contribution is 5.99. The van der Waals surface area contributed by atoms with Crippen molar-refractivity contribution in [3.63, 3.8) is 0 Å². The van der Waals surface area contributed by atoms with Gasteiger partial charge in [0, 0.05) is 30.5 Å². The highest BCUT2D eigenvalue weighted by Crippen LogP contribution is 2.30. The molecular weight excluding hydrogens is 302 g/mol. The van der Waals surface area contributed by atoms with Crippen molar-refractivity contribution in [2.45, 2.75) is 57.5 Å². The molecule has 1 aromatic rings. The highest BCUT2D eigenvalue weighted by atomic mass is 16.2. The summed E-state index contributed by atoms with van der Waals surface area (Å²) in [6.07, 6.45) is 10.1. The van der Waals surface area contributed by atoms with Crippen molar-refractivity contribution in [1.82, 2.24) is 15.2 Å². The van der Waals surface area contributed by atoms with E-state index < -0.39 is 5.54 Å². The summed E-state index contributed by atoms with van der Waals surface area (Å²) in [6.45, 7) is 7.66. The average molecular weight is 329 g/mol. The molecule has 5 nitrogen and oxygen atoms in total. The third-order valence-corrected chi connectivity index (χ3v) is 4.65. The average Bonchev–Trinajstić information content (AvgIpc) is 2.61. The van der Waals surface area contributed by atoms with E-state index >= 15 is 0 Å². The maximum atomic E-state index is 13.2. The molecule has 1 heterocycles. The van der Waals surface area contributed by atoms with Crippen LogP contribution in [0.3, 0.4) is 0 Å². The van der Waals surface area contributed by atoms with Crippen molar-refractivity contribution in [2.75, 3.05) is 6.54 Å². The fraction of sp³-hybridized carbons (Fsp3) is 0.526. The highest BCUT2D eigenvalue weighted by Gasteiger charge is 2.42. The molecular formula is C19H27N3O2. The Balaban J connectivity index is 2.32. The van der Waals surface area contributed by atoms with Crippen molar-refractivity contribution >= 4 is 11.8 Å². The van der Waals surface area contributed by atoms with E-state index in [4.69, 9.17) is 0 Å². The molecule has 0 radical (unpaired) electrons. The van der Waals surface area contributed by atoms with Gasteiger partial charge in [-0.05, 0) is 38.8 Å². The van der Waals surface area contributed by atoms with Crippen LogP contribution in [0.2, 0.25) is 0 Å². The SMILES string of the molecule is C=CCNC(=O)C(C)(C)N(C(=O)c1ccncc1)C1CCCCC1. The van der Waals surface area contributed by atoms with Gasteiger partial charge in [-0.15, -0.1) is 6.58 Å². The first-order chi connectivity index (χ1) is 11.5. The lowest BCUT2D eigenvalue weighted by molar-refractivity contribution is -0.131. The van der Waals surface area contributed by atoms with Gasteiger partial charge in [-0.3, -0.25) is 14.6 Å². The molecule has 5 heteroatoms. The summed E-state index contributed by atoms with van der Waals surface area (Å²) in [6, 6.07) is 3.50. The minimum absolute atomic E-state index is 0.0869. The van der Waals surface area contributed by atoms with Gasteiger partial charge in [-0.1, -0.05) is 25.3 Å². The van der Waals surface area contributed by atoms with Crippen molar-refractivity contribution in [3.05, 3.63) is 42.7 Å². The van der Waals surface area contributed by atoms with Gasteiger partial charge < -0.3 is 10.2 Å². The van der Waals surface area contributed by atoms with Crippen LogP contribution in [0.1, 0.15) is 56.3 Å². The number of hydrogen-bond acceptors (Lipinski definition) is 3. The number of nitrogens with one attached hydrogen (secondary N) is 1. The van der Waals surface area contributed by atoms with Gasteiger partial charge in [0.15, 0.2) is 0 Å². The zero-order valence-corrected chi connectivity index (χ0v) is 14.6. The summed E-state index contributed by atoms with van der Waals surface area (Å²) in [4.78, 5) is 31.6. The summed E-state index contributed by atoms with van der Waals surface area (Å²) in [5.41, 5.74) is -0.356. The Labute approximate surface area is 144 Å². The van der Waals surface area contributed by atoms with Crippen molar-refractivity contribution in [3.8, 4) is 0 Å². The Morgan fingerprint density at radius 3 is 2.50 bits per heavy atom. The Hall–Kier alpha value is -2.17. The molecule has 0 spiro atoms. The molecule has 0 saturated heterocycles. The molecule has 0 bridgehead atoms. The van der Waals surface area contributed by atoms with Crippen LogP contribution in [0.15, 0.2) is 37.2 Å². The molecule has 1 aliphatic carbocycles. The Kier molecular flexibility index (Phi) is 6.12. The van der Waals surface area contributed by atoms with Crippen LogP contribution in [0.5, 0.6) is 0 Å². The van der Waals surface area contributed by atoms with Gasteiger partial charge in [0.25, 0.3) is 5.91 Å². The Morgan fingerprint density at radius 2 is 1.92 bits per heavy atom.